The van der Waals surface area contributed by atoms with Gasteiger partial charge in [-0.3, -0.25) is 9.78 Å². The van der Waals surface area contributed by atoms with Crippen LogP contribution in [0.2, 0.25) is 5.02 Å². The van der Waals surface area contributed by atoms with Crippen molar-refractivity contribution in [1.82, 2.24) is 19.9 Å². The normalized spacial score (nSPS) is 16.9. The van der Waals surface area contributed by atoms with Gasteiger partial charge in [0.25, 0.3) is 5.91 Å². The number of ether oxygens (including phenoxy) is 1. The predicted molar refractivity (Wildman–Crippen MR) is 101 cm³/mol. The largest absolute Gasteiger partial charge is 0.370 e. The van der Waals surface area contributed by atoms with E-state index in [4.69, 9.17) is 16.3 Å². The van der Waals surface area contributed by atoms with E-state index in [1.165, 1.54) is 0 Å². The molecule has 136 valence electrons. The van der Waals surface area contributed by atoms with Crippen molar-refractivity contribution < 1.29 is 9.53 Å². The topological polar surface area (TPSA) is 68.2 Å². The van der Waals surface area contributed by atoms with Crippen LogP contribution in [0.25, 0.3) is 11.5 Å². The minimum atomic E-state index is -0.173. The lowest BCUT2D eigenvalue weighted by molar-refractivity contribution is -0.0228. The number of pyridine rings is 1. The number of hydrogen-bond donors (Lipinski definition) is 0. The van der Waals surface area contributed by atoms with Crippen molar-refractivity contribution in [2.24, 2.45) is 0 Å². The molecule has 1 fully saturated rings. The molecule has 0 radical (unpaired) electrons. The standard InChI is InChI=1S/C20H17ClN4O2/c21-16-6-4-14(5-7-16)18-13-25(9-10-27-18)20(26)15-11-23-19(24-12-15)17-3-1-2-8-22-17/h1-8,11-12,18H,9-10,13H2/t18-/m0/s1. The van der Waals surface area contributed by atoms with Crippen LogP contribution in [-0.2, 0) is 4.74 Å². The highest BCUT2D eigenvalue weighted by molar-refractivity contribution is 6.30. The summed E-state index contributed by atoms with van der Waals surface area (Å²) >= 11 is 5.94. The van der Waals surface area contributed by atoms with Gasteiger partial charge in [-0.15, -0.1) is 0 Å². The Morgan fingerprint density at radius 2 is 1.85 bits per heavy atom. The number of aromatic nitrogens is 3. The van der Waals surface area contributed by atoms with Crippen molar-refractivity contribution in [2.45, 2.75) is 6.10 Å². The number of morpholine rings is 1. The predicted octanol–water partition coefficient (Wildman–Crippen LogP) is 3.41. The average Bonchev–Trinajstić information content (AvgIpc) is 2.75. The van der Waals surface area contributed by atoms with Gasteiger partial charge in [0.1, 0.15) is 11.8 Å². The molecule has 1 saturated heterocycles. The van der Waals surface area contributed by atoms with Crippen molar-refractivity contribution in [3.8, 4) is 11.5 Å². The molecule has 1 atom stereocenters. The van der Waals surface area contributed by atoms with E-state index in [1.807, 2.05) is 42.5 Å². The van der Waals surface area contributed by atoms with Gasteiger partial charge in [0.05, 0.1) is 18.7 Å². The number of rotatable bonds is 3. The smallest absolute Gasteiger partial charge is 0.257 e. The van der Waals surface area contributed by atoms with Gasteiger partial charge in [-0.25, -0.2) is 9.97 Å². The van der Waals surface area contributed by atoms with Gasteiger partial charge in [-0.05, 0) is 29.8 Å². The Labute approximate surface area is 161 Å². The van der Waals surface area contributed by atoms with Crippen molar-refractivity contribution in [2.75, 3.05) is 19.7 Å². The summed E-state index contributed by atoms with van der Waals surface area (Å²) in [6, 6.07) is 13.0. The maximum Gasteiger partial charge on any atom is 0.257 e. The fourth-order valence-corrected chi connectivity index (χ4v) is 3.09. The molecule has 0 saturated carbocycles. The Kier molecular flexibility index (Phi) is 5.09. The summed E-state index contributed by atoms with van der Waals surface area (Å²) in [5, 5.41) is 0.674. The second-order valence-electron chi connectivity index (χ2n) is 6.17. The van der Waals surface area contributed by atoms with Crippen LogP contribution in [0.1, 0.15) is 22.0 Å². The number of hydrogen-bond acceptors (Lipinski definition) is 5. The first kappa shape index (κ1) is 17.6. The molecule has 1 aliphatic heterocycles. The summed E-state index contributed by atoms with van der Waals surface area (Å²) in [6.07, 6.45) is 4.61. The van der Waals surface area contributed by atoms with E-state index in [1.54, 1.807) is 23.5 Å². The van der Waals surface area contributed by atoms with E-state index in [9.17, 15) is 4.79 Å². The lowest BCUT2D eigenvalue weighted by Gasteiger charge is -2.33. The summed E-state index contributed by atoms with van der Waals surface area (Å²) in [6.45, 7) is 1.49. The van der Waals surface area contributed by atoms with Crippen molar-refractivity contribution in [3.63, 3.8) is 0 Å². The van der Waals surface area contributed by atoms with Crippen molar-refractivity contribution in [3.05, 3.63) is 77.2 Å². The number of halogens is 1. The molecule has 0 unspecified atom stereocenters. The number of carbonyl (C=O) groups is 1. The minimum Gasteiger partial charge on any atom is -0.370 e. The molecule has 0 spiro atoms. The molecule has 3 aromatic rings. The van der Waals surface area contributed by atoms with Crippen LogP contribution in [-0.4, -0.2) is 45.5 Å². The fourth-order valence-electron chi connectivity index (χ4n) is 2.96. The van der Waals surface area contributed by atoms with E-state index in [2.05, 4.69) is 15.0 Å². The highest BCUT2D eigenvalue weighted by Crippen LogP contribution is 2.24. The molecule has 0 N–H and O–H groups in total. The third-order valence-electron chi connectivity index (χ3n) is 4.39. The van der Waals surface area contributed by atoms with Crippen LogP contribution < -0.4 is 0 Å². The van der Waals surface area contributed by atoms with Crippen LogP contribution in [0.3, 0.4) is 0 Å². The second kappa shape index (κ2) is 7.82. The Morgan fingerprint density at radius 1 is 1.07 bits per heavy atom. The van der Waals surface area contributed by atoms with Crippen molar-refractivity contribution in [1.29, 1.82) is 0 Å². The molecular weight excluding hydrogens is 364 g/mol. The lowest BCUT2D eigenvalue weighted by Crippen LogP contribution is -2.42. The number of amides is 1. The van der Waals surface area contributed by atoms with Gasteiger partial charge in [0, 0.05) is 30.2 Å². The molecule has 7 heteroatoms. The Balaban J connectivity index is 1.48. The monoisotopic (exact) mass is 380 g/mol. The van der Waals surface area contributed by atoms with Crippen molar-refractivity contribution >= 4 is 17.5 Å². The summed E-state index contributed by atoms with van der Waals surface area (Å²) in [7, 11) is 0. The number of carbonyl (C=O) groups excluding carboxylic acids is 1. The molecule has 1 aromatic carbocycles. The Hall–Kier alpha value is -2.83. The molecule has 1 aliphatic rings. The molecule has 2 aromatic heterocycles. The highest BCUT2D eigenvalue weighted by Gasteiger charge is 2.26. The molecule has 3 heterocycles. The zero-order valence-corrected chi connectivity index (χ0v) is 15.2. The zero-order chi connectivity index (χ0) is 18.6. The van der Waals surface area contributed by atoms with E-state index in [0.29, 0.717) is 41.8 Å². The van der Waals surface area contributed by atoms with E-state index in [0.717, 1.165) is 5.56 Å². The quantitative estimate of drug-likeness (QED) is 0.696. The Morgan fingerprint density at radius 3 is 2.56 bits per heavy atom. The molecule has 0 aliphatic carbocycles. The van der Waals surface area contributed by atoms with Gasteiger partial charge in [0.15, 0.2) is 5.82 Å². The molecule has 1 amide bonds. The summed E-state index contributed by atoms with van der Waals surface area (Å²) in [4.78, 5) is 27.4. The maximum atomic E-state index is 12.8. The third kappa shape index (κ3) is 3.97. The van der Waals surface area contributed by atoms with Gasteiger partial charge in [0.2, 0.25) is 0 Å². The second-order valence-corrected chi connectivity index (χ2v) is 6.61. The minimum absolute atomic E-state index is 0.107. The highest BCUT2D eigenvalue weighted by atomic mass is 35.5. The van der Waals surface area contributed by atoms with Gasteiger partial charge in [-0.1, -0.05) is 29.8 Å². The number of benzene rings is 1. The van der Waals surface area contributed by atoms with Gasteiger partial charge >= 0.3 is 0 Å². The molecule has 27 heavy (non-hydrogen) atoms. The Bertz CT molecular complexity index is 917. The molecule has 0 bridgehead atoms. The van der Waals surface area contributed by atoms with E-state index < -0.39 is 0 Å². The summed E-state index contributed by atoms with van der Waals surface area (Å²) in [5.41, 5.74) is 2.12. The SMILES string of the molecule is O=C(c1cnc(-c2ccccn2)nc1)N1CCO[C@H](c2ccc(Cl)cc2)C1. The average molecular weight is 381 g/mol. The number of nitrogens with zero attached hydrogens (tertiary/aromatic N) is 4. The van der Waals surface area contributed by atoms with Crippen LogP contribution in [0.5, 0.6) is 0 Å². The first-order valence-electron chi connectivity index (χ1n) is 8.60. The molecule has 6 nitrogen and oxygen atoms in total. The van der Waals surface area contributed by atoms with E-state index in [-0.39, 0.29) is 12.0 Å². The summed E-state index contributed by atoms with van der Waals surface area (Å²) in [5.74, 6) is 0.387. The summed E-state index contributed by atoms with van der Waals surface area (Å²) < 4.78 is 5.82. The van der Waals surface area contributed by atoms with Gasteiger partial charge < -0.3 is 9.64 Å². The maximum absolute atomic E-state index is 12.8. The van der Waals surface area contributed by atoms with Crippen LogP contribution >= 0.6 is 11.6 Å². The van der Waals surface area contributed by atoms with Crippen LogP contribution in [0.15, 0.2) is 61.1 Å². The lowest BCUT2D eigenvalue weighted by atomic mass is 10.1. The third-order valence-corrected chi connectivity index (χ3v) is 4.64. The first-order valence-corrected chi connectivity index (χ1v) is 8.98. The van der Waals surface area contributed by atoms with Crippen LogP contribution in [0.4, 0.5) is 0 Å². The zero-order valence-electron chi connectivity index (χ0n) is 14.5. The van der Waals surface area contributed by atoms with Gasteiger partial charge in [-0.2, -0.15) is 0 Å². The fraction of sp³-hybridized carbons (Fsp3) is 0.200. The molecule has 4 rings (SSSR count). The first-order chi connectivity index (χ1) is 13.2. The van der Waals surface area contributed by atoms with E-state index >= 15 is 0 Å². The molecular formula is C20H17ClN4O2. The van der Waals surface area contributed by atoms with Crippen LogP contribution in [0, 0.1) is 0 Å².